The number of carbonyl (C=O) groups is 1. The molecular formula is C17H33N3O. The van der Waals surface area contributed by atoms with Crippen LogP contribution < -0.4 is 5.32 Å². The number of piperazine rings is 1. The number of carbonyl (C=O) groups excluding carboxylic acids is 1. The van der Waals surface area contributed by atoms with Crippen molar-refractivity contribution < 1.29 is 4.79 Å². The van der Waals surface area contributed by atoms with Gasteiger partial charge in [0, 0.05) is 37.1 Å². The van der Waals surface area contributed by atoms with Crippen LogP contribution in [-0.4, -0.2) is 60.5 Å². The zero-order valence-electron chi connectivity index (χ0n) is 14.5. The molecule has 0 unspecified atom stereocenters. The average Bonchev–Trinajstić information content (AvgIpc) is 2.40. The Morgan fingerprint density at radius 2 is 1.81 bits per heavy atom. The van der Waals surface area contributed by atoms with Crippen molar-refractivity contribution in [1.82, 2.24) is 15.1 Å². The van der Waals surface area contributed by atoms with Crippen molar-refractivity contribution in [3.05, 3.63) is 0 Å². The van der Waals surface area contributed by atoms with Gasteiger partial charge in [-0.05, 0) is 45.7 Å². The molecule has 4 nitrogen and oxygen atoms in total. The van der Waals surface area contributed by atoms with Crippen LogP contribution in [-0.2, 0) is 4.79 Å². The lowest BCUT2D eigenvalue weighted by Gasteiger charge is -2.49. The van der Waals surface area contributed by atoms with Gasteiger partial charge in [-0.3, -0.25) is 9.69 Å². The van der Waals surface area contributed by atoms with Crippen molar-refractivity contribution in [2.75, 3.05) is 39.3 Å². The summed E-state index contributed by atoms with van der Waals surface area (Å²) in [5.74, 6) is 1.10. The number of nitrogens with zero attached hydrogens (tertiary/aromatic N) is 2. The summed E-state index contributed by atoms with van der Waals surface area (Å²) in [7, 11) is 0. The van der Waals surface area contributed by atoms with Crippen LogP contribution in [0.3, 0.4) is 0 Å². The summed E-state index contributed by atoms with van der Waals surface area (Å²) in [5.41, 5.74) is -0.183. The zero-order chi connectivity index (χ0) is 15.7. The van der Waals surface area contributed by atoms with Crippen LogP contribution in [0, 0.1) is 11.3 Å². The van der Waals surface area contributed by atoms with Crippen molar-refractivity contribution in [2.24, 2.45) is 11.3 Å². The van der Waals surface area contributed by atoms with Crippen LogP contribution in [0.5, 0.6) is 0 Å². The lowest BCUT2D eigenvalue weighted by atomic mass is 9.90. The van der Waals surface area contributed by atoms with Gasteiger partial charge in [0.1, 0.15) is 0 Å². The normalized spacial score (nSPS) is 25.1. The molecule has 21 heavy (non-hydrogen) atoms. The van der Waals surface area contributed by atoms with Crippen molar-refractivity contribution in [3.8, 4) is 0 Å². The predicted molar refractivity (Wildman–Crippen MR) is 87.3 cm³/mol. The Hall–Kier alpha value is -0.610. The molecule has 4 heteroatoms. The van der Waals surface area contributed by atoms with E-state index < -0.39 is 0 Å². The SMILES string of the molecule is CC(C)(C)C(=O)N1CCN(CC2CCNCC2)C(C)(C)C1. The van der Waals surface area contributed by atoms with Gasteiger partial charge in [-0.25, -0.2) is 0 Å². The number of hydrogen-bond donors (Lipinski definition) is 1. The first-order valence-electron chi connectivity index (χ1n) is 8.45. The zero-order valence-corrected chi connectivity index (χ0v) is 14.5. The largest absolute Gasteiger partial charge is 0.339 e. The summed E-state index contributed by atoms with van der Waals surface area (Å²) in [6.45, 7) is 16.9. The van der Waals surface area contributed by atoms with Crippen LogP contribution in [0.1, 0.15) is 47.5 Å². The maximum atomic E-state index is 12.5. The maximum Gasteiger partial charge on any atom is 0.228 e. The van der Waals surface area contributed by atoms with E-state index >= 15 is 0 Å². The van der Waals surface area contributed by atoms with Crippen molar-refractivity contribution in [1.29, 1.82) is 0 Å². The van der Waals surface area contributed by atoms with E-state index in [2.05, 4.69) is 29.0 Å². The van der Waals surface area contributed by atoms with E-state index in [0.717, 1.165) is 38.6 Å². The van der Waals surface area contributed by atoms with Gasteiger partial charge in [-0.1, -0.05) is 20.8 Å². The molecule has 2 fully saturated rings. The van der Waals surface area contributed by atoms with Gasteiger partial charge >= 0.3 is 0 Å². The molecule has 0 spiro atoms. The minimum atomic E-state index is -0.271. The molecule has 0 aromatic heterocycles. The molecule has 2 aliphatic rings. The molecule has 0 radical (unpaired) electrons. The predicted octanol–water partition coefficient (Wildman–Crippen LogP) is 1.95. The van der Waals surface area contributed by atoms with Gasteiger partial charge in [-0.2, -0.15) is 0 Å². The molecular weight excluding hydrogens is 262 g/mol. The van der Waals surface area contributed by atoms with E-state index in [9.17, 15) is 4.79 Å². The van der Waals surface area contributed by atoms with Gasteiger partial charge in [0.25, 0.3) is 0 Å². The summed E-state index contributed by atoms with van der Waals surface area (Å²) < 4.78 is 0. The maximum absolute atomic E-state index is 12.5. The van der Waals surface area contributed by atoms with Crippen molar-refractivity contribution in [2.45, 2.75) is 53.0 Å². The molecule has 1 amide bonds. The first-order valence-corrected chi connectivity index (χ1v) is 8.45. The Balaban J connectivity index is 1.94. The third-order valence-corrected chi connectivity index (χ3v) is 4.94. The quantitative estimate of drug-likeness (QED) is 0.846. The van der Waals surface area contributed by atoms with E-state index in [-0.39, 0.29) is 16.9 Å². The first-order chi connectivity index (χ1) is 9.70. The van der Waals surface area contributed by atoms with Gasteiger partial charge in [0.15, 0.2) is 0 Å². The van der Waals surface area contributed by atoms with E-state index in [1.165, 1.54) is 19.4 Å². The Morgan fingerprint density at radius 1 is 1.19 bits per heavy atom. The summed E-state index contributed by atoms with van der Waals surface area (Å²) in [6, 6.07) is 0. The fourth-order valence-corrected chi connectivity index (χ4v) is 3.55. The fourth-order valence-electron chi connectivity index (χ4n) is 3.55. The van der Waals surface area contributed by atoms with E-state index in [1.54, 1.807) is 0 Å². The highest BCUT2D eigenvalue weighted by Crippen LogP contribution is 2.27. The molecule has 0 bridgehead atoms. The third-order valence-electron chi connectivity index (χ3n) is 4.94. The van der Waals surface area contributed by atoms with Crippen LogP contribution >= 0.6 is 0 Å². The number of hydrogen-bond acceptors (Lipinski definition) is 3. The van der Waals surface area contributed by atoms with Crippen LogP contribution in [0.4, 0.5) is 0 Å². The standard InChI is InChI=1S/C17H33N3O/c1-16(2,3)15(21)19-10-11-20(17(4,5)13-19)12-14-6-8-18-9-7-14/h14,18H,6-13H2,1-5H3. The van der Waals surface area contributed by atoms with Crippen molar-refractivity contribution >= 4 is 5.91 Å². The van der Waals surface area contributed by atoms with Crippen LogP contribution in [0.25, 0.3) is 0 Å². The van der Waals surface area contributed by atoms with Gasteiger partial charge in [-0.15, -0.1) is 0 Å². The number of amides is 1. The summed E-state index contributed by atoms with van der Waals surface area (Å²) in [5, 5.41) is 3.44. The van der Waals surface area contributed by atoms with Gasteiger partial charge in [0.2, 0.25) is 5.91 Å². The summed E-state index contributed by atoms with van der Waals surface area (Å²) in [6.07, 6.45) is 2.58. The second-order valence-corrected chi connectivity index (χ2v) is 8.43. The molecule has 122 valence electrons. The number of rotatable bonds is 2. The van der Waals surface area contributed by atoms with E-state index in [1.807, 2.05) is 20.8 Å². The third kappa shape index (κ3) is 4.19. The van der Waals surface area contributed by atoms with Crippen LogP contribution in [0.2, 0.25) is 0 Å². The van der Waals surface area contributed by atoms with Crippen molar-refractivity contribution in [3.63, 3.8) is 0 Å². The monoisotopic (exact) mass is 295 g/mol. The Morgan fingerprint density at radius 3 is 2.33 bits per heavy atom. The number of piperidine rings is 1. The second-order valence-electron chi connectivity index (χ2n) is 8.43. The highest BCUT2D eigenvalue weighted by Gasteiger charge is 2.39. The Bertz CT molecular complexity index is 367. The van der Waals surface area contributed by atoms with E-state index in [4.69, 9.17) is 0 Å². The molecule has 0 saturated carbocycles. The number of nitrogens with one attached hydrogen (secondary N) is 1. The molecule has 0 aromatic rings. The van der Waals surface area contributed by atoms with Gasteiger partial charge < -0.3 is 10.2 Å². The Kier molecular flexibility index (Phi) is 4.99. The summed E-state index contributed by atoms with van der Waals surface area (Å²) in [4.78, 5) is 17.2. The topological polar surface area (TPSA) is 35.6 Å². The minimum Gasteiger partial charge on any atom is -0.339 e. The smallest absolute Gasteiger partial charge is 0.228 e. The molecule has 2 saturated heterocycles. The minimum absolute atomic E-state index is 0.0873. The van der Waals surface area contributed by atoms with Gasteiger partial charge in [0.05, 0.1) is 0 Å². The molecule has 0 aromatic carbocycles. The molecule has 2 heterocycles. The van der Waals surface area contributed by atoms with E-state index in [0.29, 0.717) is 0 Å². The fraction of sp³-hybridized carbons (Fsp3) is 0.941. The first kappa shape index (κ1) is 16.8. The van der Waals surface area contributed by atoms with Crippen LogP contribution in [0.15, 0.2) is 0 Å². The average molecular weight is 295 g/mol. The molecule has 1 N–H and O–H groups in total. The molecule has 2 aliphatic heterocycles. The highest BCUT2D eigenvalue weighted by molar-refractivity contribution is 5.81. The second kappa shape index (κ2) is 6.25. The Labute approximate surface area is 130 Å². The summed E-state index contributed by atoms with van der Waals surface area (Å²) >= 11 is 0. The molecule has 2 rings (SSSR count). The molecule has 0 atom stereocenters. The highest BCUT2D eigenvalue weighted by atomic mass is 16.2. The molecule has 0 aliphatic carbocycles. The lowest BCUT2D eigenvalue weighted by molar-refractivity contribution is -0.144. The lowest BCUT2D eigenvalue weighted by Crippen LogP contribution is -2.62.